The Balaban J connectivity index is 1.96. The minimum absolute atomic E-state index is 0.149. The molecule has 2 rings (SSSR count). The normalized spacial score (nSPS) is 11.2. The Morgan fingerprint density at radius 3 is 2.76 bits per heavy atom. The molecule has 1 aromatic heterocycles. The second-order valence-corrected chi connectivity index (χ2v) is 4.67. The number of benzene rings is 1. The first kappa shape index (κ1) is 12.2. The number of aromatic nitrogens is 1. The van der Waals surface area contributed by atoms with E-state index in [2.05, 4.69) is 11.9 Å². The van der Waals surface area contributed by atoms with E-state index in [0.717, 1.165) is 17.3 Å². The van der Waals surface area contributed by atoms with E-state index in [1.807, 2.05) is 12.3 Å². The van der Waals surface area contributed by atoms with Gasteiger partial charge in [-0.15, -0.1) is 0 Å². The van der Waals surface area contributed by atoms with E-state index in [-0.39, 0.29) is 5.82 Å². The Morgan fingerprint density at radius 1 is 1.12 bits per heavy atom. The first-order chi connectivity index (χ1) is 8.31. The SMILES string of the molecule is CCCCCCCc1c[nH]c2ccc(F)cc12. The van der Waals surface area contributed by atoms with Gasteiger partial charge in [-0.2, -0.15) is 0 Å². The van der Waals surface area contributed by atoms with Crippen molar-refractivity contribution in [3.63, 3.8) is 0 Å². The highest BCUT2D eigenvalue weighted by Crippen LogP contribution is 2.21. The summed E-state index contributed by atoms with van der Waals surface area (Å²) in [5.74, 6) is -0.149. The second-order valence-electron chi connectivity index (χ2n) is 4.67. The zero-order chi connectivity index (χ0) is 12.1. The maximum Gasteiger partial charge on any atom is 0.123 e. The highest BCUT2D eigenvalue weighted by atomic mass is 19.1. The van der Waals surface area contributed by atoms with Gasteiger partial charge in [-0.25, -0.2) is 4.39 Å². The third-order valence-electron chi connectivity index (χ3n) is 3.28. The number of hydrogen-bond donors (Lipinski definition) is 1. The van der Waals surface area contributed by atoms with Gasteiger partial charge in [0, 0.05) is 17.1 Å². The summed E-state index contributed by atoms with van der Waals surface area (Å²) in [4.78, 5) is 3.20. The number of rotatable bonds is 6. The molecule has 0 saturated heterocycles. The number of aryl methyl sites for hydroxylation is 1. The first-order valence-electron chi connectivity index (χ1n) is 6.57. The molecule has 1 heterocycles. The van der Waals surface area contributed by atoms with Gasteiger partial charge in [0.2, 0.25) is 0 Å². The molecule has 1 N–H and O–H groups in total. The van der Waals surface area contributed by atoms with Crippen LogP contribution in [0.15, 0.2) is 24.4 Å². The summed E-state index contributed by atoms with van der Waals surface area (Å²) in [5, 5.41) is 1.04. The van der Waals surface area contributed by atoms with Crippen LogP contribution in [0.2, 0.25) is 0 Å². The highest BCUT2D eigenvalue weighted by molar-refractivity contribution is 5.83. The zero-order valence-corrected chi connectivity index (χ0v) is 10.4. The largest absolute Gasteiger partial charge is 0.361 e. The van der Waals surface area contributed by atoms with Gasteiger partial charge in [-0.1, -0.05) is 32.6 Å². The summed E-state index contributed by atoms with van der Waals surface area (Å²) in [6.07, 6.45) is 9.45. The van der Waals surface area contributed by atoms with Crippen LogP contribution in [0, 0.1) is 5.82 Å². The third kappa shape index (κ3) is 3.09. The van der Waals surface area contributed by atoms with Crippen LogP contribution < -0.4 is 0 Å². The van der Waals surface area contributed by atoms with Gasteiger partial charge in [0.05, 0.1) is 0 Å². The third-order valence-corrected chi connectivity index (χ3v) is 3.28. The molecule has 92 valence electrons. The maximum atomic E-state index is 13.2. The molecule has 0 bridgehead atoms. The molecule has 2 aromatic rings. The number of nitrogens with one attached hydrogen (secondary N) is 1. The Hall–Kier alpha value is -1.31. The van der Waals surface area contributed by atoms with E-state index in [0.29, 0.717) is 0 Å². The van der Waals surface area contributed by atoms with Gasteiger partial charge in [0.1, 0.15) is 5.82 Å². The van der Waals surface area contributed by atoms with Crippen LogP contribution in [-0.2, 0) is 6.42 Å². The van der Waals surface area contributed by atoms with Gasteiger partial charge >= 0.3 is 0 Å². The molecule has 0 aliphatic carbocycles. The van der Waals surface area contributed by atoms with Crippen molar-refractivity contribution < 1.29 is 4.39 Å². The summed E-state index contributed by atoms with van der Waals surface area (Å²) in [7, 11) is 0. The molecule has 0 aliphatic rings. The molecular weight excluding hydrogens is 213 g/mol. The summed E-state index contributed by atoms with van der Waals surface area (Å²) >= 11 is 0. The number of halogens is 1. The topological polar surface area (TPSA) is 15.8 Å². The molecule has 1 aromatic carbocycles. The summed E-state index contributed by atoms with van der Waals surface area (Å²) in [6, 6.07) is 4.95. The number of hydrogen-bond acceptors (Lipinski definition) is 0. The molecule has 2 heteroatoms. The lowest BCUT2D eigenvalue weighted by atomic mass is 10.0. The molecule has 0 radical (unpaired) electrons. The minimum Gasteiger partial charge on any atom is -0.361 e. The number of H-pyrrole nitrogens is 1. The molecule has 0 unspecified atom stereocenters. The Bertz CT molecular complexity index is 473. The minimum atomic E-state index is -0.149. The van der Waals surface area contributed by atoms with E-state index >= 15 is 0 Å². The molecule has 0 amide bonds. The molecule has 0 spiro atoms. The van der Waals surface area contributed by atoms with E-state index in [1.54, 1.807) is 6.07 Å². The fourth-order valence-corrected chi connectivity index (χ4v) is 2.28. The fraction of sp³-hybridized carbons (Fsp3) is 0.467. The quantitative estimate of drug-likeness (QED) is 0.688. The maximum absolute atomic E-state index is 13.2. The second kappa shape index (κ2) is 5.85. The standard InChI is InChI=1S/C15H20FN/c1-2-3-4-5-6-7-12-11-17-15-9-8-13(16)10-14(12)15/h8-11,17H,2-7H2,1H3. The monoisotopic (exact) mass is 233 g/mol. The average Bonchev–Trinajstić information content (AvgIpc) is 2.72. The van der Waals surface area contributed by atoms with Crippen LogP contribution in [0.3, 0.4) is 0 Å². The number of unbranched alkanes of at least 4 members (excludes halogenated alkanes) is 4. The van der Waals surface area contributed by atoms with Crippen molar-refractivity contribution in [3.05, 3.63) is 35.8 Å². The van der Waals surface area contributed by atoms with Crippen LogP contribution in [0.4, 0.5) is 4.39 Å². The van der Waals surface area contributed by atoms with Crippen molar-refractivity contribution >= 4 is 10.9 Å². The van der Waals surface area contributed by atoms with Crippen molar-refractivity contribution in [1.82, 2.24) is 4.98 Å². The van der Waals surface area contributed by atoms with E-state index in [1.165, 1.54) is 43.7 Å². The van der Waals surface area contributed by atoms with Crippen molar-refractivity contribution in [2.75, 3.05) is 0 Å². The number of aromatic amines is 1. The van der Waals surface area contributed by atoms with Crippen LogP contribution in [-0.4, -0.2) is 4.98 Å². The van der Waals surface area contributed by atoms with Crippen molar-refractivity contribution in [2.24, 2.45) is 0 Å². The van der Waals surface area contributed by atoms with Gasteiger partial charge in [-0.3, -0.25) is 0 Å². The number of fused-ring (bicyclic) bond motifs is 1. The molecular formula is C15H20FN. The van der Waals surface area contributed by atoms with Gasteiger partial charge in [-0.05, 0) is 36.6 Å². The molecule has 0 fully saturated rings. The van der Waals surface area contributed by atoms with Crippen LogP contribution in [0.5, 0.6) is 0 Å². The highest BCUT2D eigenvalue weighted by Gasteiger charge is 2.04. The lowest BCUT2D eigenvalue weighted by Crippen LogP contribution is -1.85. The first-order valence-corrected chi connectivity index (χ1v) is 6.57. The van der Waals surface area contributed by atoms with E-state index in [9.17, 15) is 4.39 Å². The van der Waals surface area contributed by atoms with Crippen molar-refractivity contribution in [2.45, 2.75) is 45.4 Å². The van der Waals surface area contributed by atoms with Crippen LogP contribution in [0.25, 0.3) is 10.9 Å². The fourth-order valence-electron chi connectivity index (χ4n) is 2.28. The molecule has 0 aliphatic heterocycles. The van der Waals surface area contributed by atoms with Crippen molar-refractivity contribution in [1.29, 1.82) is 0 Å². The van der Waals surface area contributed by atoms with Gasteiger partial charge in [0.25, 0.3) is 0 Å². The van der Waals surface area contributed by atoms with E-state index < -0.39 is 0 Å². The zero-order valence-electron chi connectivity index (χ0n) is 10.4. The summed E-state index contributed by atoms with van der Waals surface area (Å²) < 4.78 is 13.2. The van der Waals surface area contributed by atoms with Crippen LogP contribution in [0.1, 0.15) is 44.6 Å². The molecule has 0 atom stereocenters. The summed E-state index contributed by atoms with van der Waals surface area (Å²) in [5.41, 5.74) is 2.28. The van der Waals surface area contributed by atoms with Gasteiger partial charge < -0.3 is 4.98 Å². The van der Waals surface area contributed by atoms with Crippen molar-refractivity contribution in [3.8, 4) is 0 Å². The average molecular weight is 233 g/mol. The lowest BCUT2D eigenvalue weighted by molar-refractivity contribution is 0.628. The van der Waals surface area contributed by atoms with E-state index in [4.69, 9.17) is 0 Å². The predicted octanol–water partition coefficient (Wildman–Crippen LogP) is 4.82. The molecule has 0 saturated carbocycles. The van der Waals surface area contributed by atoms with Gasteiger partial charge in [0.15, 0.2) is 0 Å². The predicted molar refractivity (Wildman–Crippen MR) is 70.7 cm³/mol. The Labute approximate surface area is 102 Å². The smallest absolute Gasteiger partial charge is 0.123 e. The van der Waals surface area contributed by atoms with Crippen LogP contribution >= 0.6 is 0 Å². The lowest BCUT2D eigenvalue weighted by Gasteiger charge is -2.00. The summed E-state index contributed by atoms with van der Waals surface area (Å²) in [6.45, 7) is 2.22. The Morgan fingerprint density at radius 2 is 1.94 bits per heavy atom. The molecule has 17 heavy (non-hydrogen) atoms. The molecule has 1 nitrogen and oxygen atoms in total. The Kier molecular flexibility index (Phi) is 4.18.